The van der Waals surface area contributed by atoms with Crippen LogP contribution in [0.1, 0.15) is 32.2 Å². The molecule has 0 bridgehead atoms. The van der Waals surface area contributed by atoms with Crippen LogP contribution >= 0.6 is 11.3 Å². The van der Waals surface area contributed by atoms with E-state index in [-0.39, 0.29) is 17.9 Å². The Balaban J connectivity index is 1.54. The molecule has 5 nitrogen and oxygen atoms in total. The summed E-state index contributed by atoms with van der Waals surface area (Å²) in [5, 5.41) is 4.44. The van der Waals surface area contributed by atoms with Crippen LogP contribution in [-0.2, 0) is 19.5 Å². The minimum atomic E-state index is -0.275. The van der Waals surface area contributed by atoms with Gasteiger partial charge in [-0.1, -0.05) is 30.3 Å². The number of Topliss-reactive ketones (excluding diaryl/α,β-unsaturated/α-hetero) is 1. The number of aromatic nitrogens is 3. The Kier molecular flexibility index (Phi) is 6.00. The van der Waals surface area contributed by atoms with E-state index in [0.717, 1.165) is 29.2 Å². The minimum Gasteiger partial charge on any atom is -0.348 e. The van der Waals surface area contributed by atoms with Crippen LogP contribution in [0.2, 0.25) is 0 Å². The van der Waals surface area contributed by atoms with E-state index in [1.54, 1.807) is 17.4 Å². The number of carbonyl (C=O) groups excluding carboxylic acids is 1. The summed E-state index contributed by atoms with van der Waals surface area (Å²) in [5.41, 5.74) is 4.31. The van der Waals surface area contributed by atoms with E-state index in [4.69, 9.17) is 0 Å². The maximum absolute atomic E-state index is 13.1. The minimum absolute atomic E-state index is 0.0694. The van der Waals surface area contributed by atoms with Crippen LogP contribution in [0.5, 0.6) is 0 Å². The van der Waals surface area contributed by atoms with Crippen LogP contribution in [0.4, 0.5) is 0 Å². The average molecular weight is 432 g/mol. The lowest BCUT2D eigenvalue weighted by Crippen LogP contribution is -2.26. The summed E-state index contributed by atoms with van der Waals surface area (Å²) < 4.78 is 3.43. The van der Waals surface area contributed by atoms with Crippen molar-refractivity contribution in [3.63, 3.8) is 0 Å². The lowest BCUT2D eigenvalue weighted by molar-refractivity contribution is 0.0965. The highest BCUT2D eigenvalue weighted by Gasteiger charge is 2.17. The average Bonchev–Trinajstić information content (AvgIpc) is 3.32. The van der Waals surface area contributed by atoms with E-state index in [0.29, 0.717) is 11.3 Å². The molecule has 0 saturated carbocycles. The summed E-state index contributed by atoms with van der Waals surface area (Å²) in [6, 6.07) is 19.4. The van der Waals surface area contributed by atoms with Gasteiger partial charge in [-0.3, -0.25) is 9.59 Å². The van der Waals surface area contributed by atoms with Crippen molar-refractivity contribution in [1.82, 2.24) is 14.3 Å². The Bertz CT molecular complexity index is 1280. The molecule has 0 saturated heterocycles. The van der Waals surface area contributed by atoms with Gasteiger partial charge >= 0.3 is 0 Å². The Morgan fingerprint density at radius 2 is 1.77 bits per heavy atom. The normalized spacial score (nSPS) is 11.1. The van der Waals surface area contributed by atoms with Gasteiger partial charge in [0.15, 0.2) is 5.78 Å². The number of hydrogen-bond donors (Lipinski definition) is 0. The SMILES string of the molecule is Cc1ccc(-c2ccc(=O)n(CC(=O)c3cc(C)n(CCc4ccccc4)c3C)n2)s1. The Morgan fingerprint density at radius 1 is 1.00 bits per heavy atom. The lowest BCUT2D eigenvalue weighted by atomic mass is 10.1. The molecule has 3 aromatic heterocycles. The van der Waals surface area contributed by atoms with E-state index >= 15 is 0 Å². The van der Waals surface area contributed by atoms with Crippen LogP contribution in [-0.4, -0.2) is 20.1 Å². The fourth-order valence-corrected chi connectivity index (χ4v) is 4.63. The van der Waals surface area contributed by atoms with E-state index < -0.39 is 0 Å². The predicted octanol–water partition coefficient (Wildman–Crippen LogP) is 4.82. The molecule has 31 heavy (non-hydrogen) atoms. The first-order valence-corrected chi connectivity index (χ1v) is 11.1. The van der Waals surface area contributed by atoms with Gasteiger partial charge in [-0.25, -0.2) is 4.68 Å². The van der Waals surface area contributed by atoms with Crippen molar-refractivity contribution in [1.29, 1.82) is 0 Å². The largest absolute Gasteiger partial charge is 0.348 e. The van der Waals surface area contributed by atoms with Crippen LogP contribution in [0.25, 0.3) is 10.6 Å². The van der Waals surface area contributed by atoms with Crippen LogP contribution in [0.15, 0.2) is 65.5 Å². The second-order valence-electron chi connectivity index (χ2n) is 7.72. The molecule has 0 aliphatic heterocycles. The van der Waals surface area contributed by atoms with Crippen molar-refractivity contribution in [2.45, 2.75) is 40.3 Å². The summed E-state index contributed by atoms with van der Waals surface area (Å²) >= 11 is 1.62. The molecule has 1 aromatic carbocycles. The third-order valence-corrected chi connectivity index (χ3v) is 6.52. The quantitative estimate of drug-likeness (QED) is 0.394. The van der Waals surface area contributed by atoms with Gasteiger partial charge in [-0.05, 0) is 57.0 Å². The highest BCUT2D eigenvalue weighted by Crippen LogP contribution is 2.25. The maximum Gasteiger partial charge on any atom is 0.267 e. The Labute approximate surface area is 185 Å². The fraction of sp³-hybridized carbons (Fsp3) is 0.240. The van der Waals surface area contributed by atoms with Gasteiger partial charge in [0.2, 0.25) is 0 Å². The van der Waals surface area contributed by atoms with Crippen molar-refractivity contribution in [3.05, 3.63) is 98.4 Å². The number of aryl methyl sites for hydroxylation is 3. The summed E-state index contributed by atoms with van der Waals surface area (Å²) in [6.45, 7) is 6.74. The number of nitrogens with zero attached hydrogens (tertiary/aromatic N) is 3. The molecule has 6 heteroatoms. The van der Waals surface area contributed by atoms with Crippen molar-refractivity contribution < 1.29 is 4.79 Å². The van der Waals surface area contributed by atoms with Crippen molar-refractivity contribution >= 4 is 17.1 Å². The Hall–Kier alpha value is -3.25. The molecule has 0 aliphatic rings. The van der Waals surface area contributed by atoms with Crippen molar-refractivity contribution in [2.24, 2.45) is 0 Å². The smallest absolute Gasteiger partial charge is 0.267 e. The first-order valence-electron chi connectivity index (χ1n) is 10.3. The highest BCUT2D eigenvalue weighted by atomic mass is 32.1. The number of benzene rings is 1. The van der Waals surface area contributed by atoms with Crippen molar-refractivity contribution in [2.75, 3.05) is 0 Å². The number of thiophene rings is 1. The molecule has 0 aliphatic carbocycles. The van der Waals surface area contributed by atoms with Gasteiger partial charge < -0.3 is 4.57 Å². The summed E-state index contributed by atoms with van der Waals surface area (Å²) in [6.07, 6.45) is 0.897. The molecular formula is C25H25N3O2S. The monoisotopic (exact) mass is 431 g/mol. The molecule has 0 radical (unpaired) electrons. The van der Waals surface area contributed by atoms with E-state index in [1.807, 2.05) is 57.2 Å². The Morgan fingerprint density at radius 3 is 2.48 bits per heavy atom. The van der Waals surface area contributed by atoms with E-state index in [9.17, 15) is 9.59 Å². The van der Waals surface area contributed by atoms with Gasteiger partial charge in [0.1, 0.15) is 12.2 Å². The summed E-state index contributed by atoms with van der Waals surface area (Å²) in [4.78, 5) is 27.6. The molecule has 0 unspecified atom stereocenters. The topological polar surface area (TPSA) is 56.9 Å². The number of ketones is 1. The third kappa shape index (κ3) is 4.59. The molecule has 0 fully saturated rings. The molecular weight excluding hydrogens is 406 g/mol. The summed E-state index contributed by atoms with van der Waals surface area (Å²) in [5.74, 6) is -0.104. The van der Waals surface area contributed by atoms with Crippen LogP contribution in [0.3, 0.4) is 0 Å². The first kappa shape index (κ1) is 21.0. The number of carbonyl (C=O) groups is 1. The number of hydrogen-bond acceptors (Lipinski definition) is 4. The van der Waals surface area contributed by atoms with Gasteiger partial charge in [-0.2, -0.15) is 5.10 Å². The predicted molar refractivity (Wildman–Crippen MR) is 125 cm³/mol. The van der Waals surface area contributed by atoms with E-state index in [2.05, 4.69) is 21.8 Å². The molecule has 4 rings (SSSR count). The highest BCUT2D eigenvalue weighted by molar-refractivity contribution is 7.15. The zero-order valence-corrected chi connectivity index (χ0v) is 18.8. The molecule has 0 amide bonds. The molecule has 4 aromatic rings. The summed E-state index contributed by atoms with van der Waals surface area (Å²) in [7, 11) is 0. The molecule has 0 spiro atoms. The zero-order valence-electron chi connectivity index (χ0n) is 18.0. The maximum atomic E-state index is 13.1. The van der Waals surface area contributed by atoms with E-state index in [1.165, 1.54) is 21.2 Å². The lowest BCUT2D eigenvalue weighted by Gasteiger charge is -2.10. The molecule has 158 valence electrons. The third-order valence-electron chi connectivity index (χ3n) is 5.49. The van der Waals surface area contributed by atoms with Crippen LogP contribution in [0, 0.1) is 20.8 Å². The van der Waals surface area contributed by atoms with Crippen LogP contribution < -0.4 is 5.56 Å². The van der Waals surface area contributed by atoms with Gasteiger partial charge in [0, 0.05) is 34.4 Å². The standard InChI is InChI=1S/C25H25N3O2S/c1-17-15-21(19(3)27(17)14-13-20-7-5-4-6-8-20)23(29)16-28-25(30)12-10-22(26-28)24-11-9-18(2)31-24/h4-12,15H,13-14,16H2,1-3H3. The first-order chi connectivity index (χ1) is 14.9. The van der Waals surface area contributed by atoms with Gasteiger partial charge in [0.25, 0.3) is 5.56 Å². The van der Waals surface area contributed by atoms with Gasteiger partial charge in [0.05, 0.1) is 4.88 Å². The molecule has 3 heterocycles. The second kappa shape index (κ2) is 8.86. The zero-order chi connectivity index (χ0) is 22.0. The number of rotatable bonds is 7. The molecule has 0 atom stereocenters. The second-order valence-corrected chi connectivity index (χ2v) is 9.01. The fourth-order valence-electron chi connectivity index (χ4n) is 3.80. The molecule has 0 N–H and O–H groups in total. The van der Waals surface area contributed by atoms with Gasteiger partial charge in [-0.15, -0.1) is 11.3 Å². The van der Waals surface area contributed by atoms with Crippen molar-refractivity contribution in [3.8, 4) is 10.6 Å².